The molecule has 3 N–H and O–H groups in total. The van der Waals surface area contributed by atoms with Gasteiger partial charge in [0.05, 0.1) is 0 Å². The molecule has 2 unspecified atom stereocenters. The molecule has 1 aliphatic carbocycles. The maximum Gasteiger partial charge on any atom is 0.219 e. The van der Waals surface area contributed by atoms with Crippen molar-refractivity contribution in [3.05, 3.63) is 11.9 Å². The molecule has 5 heteroatoms. The van der Waals surface area contributed by atoms with Gasteiger partial charge >= 0.3 is 0 Å². The summed E-state index contributed by atoms with van der Waals surface area (Å²) >= 11 is 0. The molecule has 2 rings (SSSR count). The predicted octanol–water partition coefficient (Wildman–Crippen LogP) is 3.06. The first-order valence-corrected chi connectivity index (χ1v) is 7.76. The molecule has 1 saturated carbocycles. The normalized spacial score (nSPS) is 22.6. The lowest BCUT2D eigenvalue weighted by atomic mass is 9.85. The van der Waals surface area contributed by atoms with Crippen molar-refractivity contribution in [1.29, 1.82) is 0 Å². The molecule has 0 spiro atoms. The fourth-order valence-electron chi connectivity index (χ4n) is 2.83. The van der Waals surface area contributed by atoms with Gasteiger partial charge in [-0.15, -0.1) is 0 Å². The fourth-order valence-corrected chi connectivity index (χ4v) is 2.83. The minimum absolute atomic E-state index is 0.281. The van der Waals surface area contributed by atoms with Gasteiger partial charge in [0.15, 0.2) is 0 Å². The molecule has 0 saturated heterocycles. The molecule has 0 radical (unpaired) electrons. The van der Waals surface area contributed by atoms with Gasteiger partial charge < -0.3 is 10.2 Å². The molecule has 0 aliphatic heterocycles. The van der Waals surface area contributed by atoms with Crippen LogP contribution in [-0.2, 0) is 6.42 Å². The lowest BCUT2D eigenvalue weighted by molar-refractivity contribution is 0.116. The van der Waals surface area contributed by atoms with E-state index >= 15 is 0 Å². The maximum absolute atomic E-state index is 6.07. The zero-order chi connectivity index (χ0) is 14.4. The smallest absolute Gasteiger partial charge is 0.219 e. The molecule has 1 aromatic rings. The van der Waals surface area contributed by atoms with E-state index in [4.69, 9.17) is 10.6 Å². The zero-order valence-corrected chi connectivity index (χ0v) is 12.6. The van der Waals surface area contributed by atoms with E-state index < -0.39 is 0 Å². The van der Waals surface area contributed by atoms with Crippen LogP contribution >= 0.6 is 0 Å². The van der Waals surface area contributed by atoms with Gasteiger partial charge in [-0.2, -0.15) is 4.98 Å². The van der Waals surface area contributed by atoms with Gasteiger partial charge in [-0.25, -0.2) is 10.8 Å². The minimum Gasteiger partial charge on any atom is -0.474 e. The highest BCUT2D eigenvalue weighted by molar-refractivity contribution is 5.37. The number of nitrogens with one attached hydrogen (secondary N) is 1. The third-order valence-electron chi connectivity index (χ3n) is 3.97. The van der Waals surface area contributed by atoms with E-state index in [2.05, 4.69) is 29.2 Å². The molecular formula is C15H26N4O. The van der Waals surface area contributed by atoms with E-state index in [1.54, 1.807) is 6.07 Å². The number of aryl methyl sites for hydroxylation is 1. The Kier molecular flexibility index (Phi) is 5.59. The van der Waals surface area contributed by atoms with Gasteiger partial charge in [0.25, 0.3) is 0 Å². The van der Waals surface area contributed by atoms with Crippen molar-refractivity contribution in [3.8, 4) is 5.88 Å². The molecule has 1 heterocycles. The van der Waals surface area contributed by atoms with Gasteiger partial charge in [-0.3, -0.25) is 0 Å². The molecule has 0 aromatic carbocycles. The quantitative estimate of drug-likeness (QED) is 0.618. The van der Waals surface area contributed by atoms with E-state index in [-0.39, 0.29) is 6.10 Å². The van der Waals surface area contributed by atoms with Crippen LogP contribution in [0.4, 0.5) is 5.82 Å². The number of hydrogen-bond donors (Lipinski definition) is 2. The van der Waals surface area contributed by atoms with Crippen molar-refractivity contribution in [1.82, 2.24) is 9.97 Å². The zero-order valence-electron chi connectivity index (χ0n) is 12.6. The van der Waals surface area contributed by atoms with Gasteiger partial charge in [0.2, 0.25) is 5.88 Å². The standard InChI is InChI=1S/C15H26N4O/c1-3-6-13-17-14(19-16)10-15(18-13)20-12-8-5-7-11(4-2)9-12/h10-12H,3-9,16H2,1-2H3,(H,17,18,19). The van der Waals surface area contributed by atoms with Crippen molar-refractivity contribution >= 4 is 5.82 Å². The van der Waals surface area contributed by atoms with Crippen molar-refractivity contribution in [3.63, 3.8) is 0 Å². The van der Waals surface area contributed by atoms with E-state index in [1.807, 2.05) is 0 Å². The van der Waals surface area contributed by atoms with E-state index in [9.17, 15) is 0 Å². The first-order chi connectivity index (χ1) is 9.75. The molecule has 5 nitrogen and oxygen atoms in total. The SMILES string of the molecule is CCCc1nc(NN)cc(OC2CCCC(CC)C2)n1. The summed E-state index contributed by atoms with van der Waals surface area (Å²) in [5.41, 5.74) is 2.59. The Morgan fingerprint density at radius 1 is 1.35 bits per heavy atom. The van der Waals surface area contributed by atoms with Crippen LogP contribution in [0.1, 0.15) is 58.2 Å². The molecule has 1 fully saturated rings. The van der Waals surface area contributed by atoms with Gasteiger partial charge in [-0.05, 0) is 31.6 Å². The Bertz CT molecular complexity index is 424. The summed E-state index contributed by atoms with van der Waals surface area (Å²) in [6.07, 6.45) is 8.20. The number of aromatic nitrogens is 2. The van der Waals surface area contributed by atoms with Gasteiger partial charge in [-0.1, -0.05) is 26.7 Å². The highest BCUT2D eigenvalue weighted by atomic mass is 16.5. The number of nitrogens with zero attached hydrogens (tertiary/aromatic N) is 2. The number of ether oxygens (including phenoxy) is 1. The first-order valence-electron chi connectivity index (χ1n) is 7.76. The lowest BCUT2D eigenvalue weighted by Crippen LogP contribution is -2.25. The maximum atomic E-state index is 6.07. The second-order valence-electron chi connectivity index (χ2n) is 5.58. The summed E-state index contributed by atoms with van der Waals surface area (Å²) in [5, 5.41) is 0. The molecule has 0 bridgehead atoms. The lowest BCUT2D eigenvalue weighted by Gasteiger charge is -2.28. The highest BCUT2D eigenvalue weighted by Gasteiger charge is 2.22. The largest absolute Gasteiger partial charge is 0.474 e. The number of rotatable bonds is 6. The van der Waals surface area contributed by atoms with Crippen LogP contribution in [0, 0.1) is 5.92 Å². The summed E-state index contributed by atoms with van der Waals surface area (Å²) < 4.78 is 6.07. The third-order valence-corrected chi connectivity index (χ3v) is 3.97. The van der Waals surface area contributed by atoms with Crippen LogP contribution < -0.4 is 16.0 Å². The van der Waals surface area contributed by atoms with E-state index in [0.29, 0.717) is 11.7 Å². The van der Waals surface area contributed by atoms with Crippen LogP contribution in [0.25, 0.3) is 0 Å². The number of hydrazine groups is 1. The fraction of sp³-hybridized carbons (Fsp3) is 0.733. The van der Waals surface area contributed by atoms with Crippen molar-refractivity contribution in [2.75, 3.05) is 5.43 Å². The van der Waals surface area contributed by atoms with Crippen molar-refractivity contribution in [2.45, 2.75) is 64.9 Å². The van der Waals surface area contributed by atoms with Crippen LogP contribution in [0.2, 0.25) is 0 Å². The molecule has 1 aromatic heterocycles. The Hall–Kier alpha value is -1.36. The Morgan fingerprint density at radius 2 is 2.20 bits per heavy atom. The number of nitrogens with two attached hydrogens (primary N) is 1. The summed E-state index contributed by atoms with van der Waals surface area (Å²) in [5.74, 6) is 8.32. The summed E-state index contributed by atoms with van der Waals surface area (Å²) in [6.45, 7) is 4.37. The summed E-state index contributed by atoms with van der Waals surface area (Å²) in [7, 11) is 0. The monoisotopic (exact) mass is 278 g/mol. The predicted molar refractivity (Wildman–Crippen MR) is 80.5 cm³/mol. The van der Waals surface area contributed by atoms with E-state index in [0.717, 1.165) is 37.4 Å². The second-order valence-corrected chi connectivity index (χ2v) is 5.58. The molecule has 20 heavy (non-hydrogen) atoms. The van der Waals surface area contributed by atoms with E-state index in [1.165, 1.54) is 19.3 Å². The number of nitrogen functional groups attached to an aromatic ring is 1. The van der Waals surface area contributed by atoms with Gasteiger partial charge in [0.1, 0.15) is 17.7 Å². The Balaban J connectivity index is 2.05. The molecule has 2 atom stereocenters. The highest BCUT2D eigenvalue weighted by Crippen LogP contribution is 2.29. The Morgan fingerprint density at radius 3 is 2.90 bits per heavy atom. The van der Waals surface area contributed by atoms with Crippen LogP contribution in [0.3, 0.4) is 0 Å². The first kappa shape index (κ1) is 15.0. The molecular weight excluding hydrogens is 252 g/mol. The Labute approximate surface area is 121 Å². The molecule has 0 amide bonds. The minimum atomic E-state index is 0.281. The van der Waals surface area contributed by atoms with Gasteiger partial charge in [0, 0.05) is 12.5 Å². The number of hydrogen-bond acceptors (Lipinski definition) is 5. The summed E-state index contributed by atoms with van der Waals surface area (Å²) in [6, 6.07) is 1.79. The molecule has 112 valence electrons. The van der Waals surface area contributed by atoms with Crippen molar-refractivity contribution < 1.29 is 4.74 Å². The average molecular weight is 278 g/mol. The average Bonchev–Trinajstić information content (AvgIpc) is 2.47. The summed E-state index contributed by atoms with van der Waals surface area (Å²) in [4.78, 5) is 8.83. The third kappa shape index (κ3) is 4.07. The number of anilines is 1. The molecule has 1 aliphatic rings. The second kappa shape index (κ2) is 7.43. The van der Waals surface area contributed by atoms with Crippen LogP contribution in [-0.4, -0.2) is 16.1 Å². The topological polar surface area (TPSA) is 73.1 Å². The van der Waals surface area contributed by atoms with Crippen LogP contribution in [0.5, 0.6) is 5.88 Å². The van der Waals surface area contributed by atoms with Crippen LogP contribution in [0.15, 0.2) is 6.07 Å². The van der Waals surface area contributed by atoms with Crippen molar-refractivity contribution in [2.24, 2.45) is 11.8 Å².